The number of hydrogen-bond acceptors (Lipinski definition) is 5. The third-order valence-electron chi connectivity index (χ3n) is 7.63. The summed E-state index contributed by atoms with van der Waals surface area (Å²) in [4.78, 5) is 39.5. The molecule has 0 atom stereocenters. The summed E-state index contributed by atoms with van der Waals surface area (Å²) in [6.07, 6.45) is 12.1. The summed E-state index contributed by atoms with van der Waals surface area (Å²) in [5.74, 6) is 0.781. The number of aromatic nitrogens is 2. The number of ketones is 1. The highest BCUT2D eigenvalue weighted by Crippen LogP contribution is 2.34. The minimum atomic E-state index is -0.264. The molecule has 0 saturated carbocycles. The molecule has 1 N–H and O–H groups in total. The molecule has 2 amide bonds. The maximum atomic E-state index is 12.9. The summed E-state index contributed by atoms with van der Waals surface area (Å²) in [7, 11) is 0. The first-order valence-electron chi connectivity index (χ1n) is 14.1. The molecule has 1 aliphatic heterocycles. The summed E-state index contributed by atoms with van der Waals surface area (Å²) in [6.45, 7) is 2.70. The van der Waals surface area contributed by atoms with Crippen LogP contribution in [-0.4, -0.2) is 52.0 Å². The first kappa shape index (κ1) is 26.5. The van der Waals surface area contributed by atoms with Gasteiger partial charge in [0.25, 0.3) is 5.91 Å². The lowest BCUT2D eigenvalue weighted by molar-refractivity contribution is -0.127. The van der Waals surface area contributed by atoms with Crippen LogP contribution in [0.2, 0.25) is 0 Å². The lowest BCUT2D eigenvalue weighted by Gasteiger charge is -2.15. The molecule has 8 heteroatoms. The van der Waals surface area contributed by atoms with Gasteiger partial charge in [0.15, 0.2) is 5.78 Å². The number of likely N-dealkylation sites (tertiary alicyclic amines) is 1. The Hall–Kier alpha value is -4.72. The number of hydrogen-bond donors (Lipinski definition) is 1. The maximum absolute atomic E-state index is 12.9. The fourth-order valence-electron chi connectivity index (χ4n) is 5.47. The van der Waals surface area contributed by atoms with Gasteiger partial charge in [0.2, 0.25) is 5.91 Å². The van der Waals surface area contributed by atoms with E-state index in [1.807, 2.05) is 59.5 Å². The molecule has 2 aromatic carbocycles. The van der Waals surface area contributed by atoms with Crippen LogP contribution in [0.1, 0.15) is 52.7 Å². The van der Waals surface area contributed by atoms with E-state index in [4.69, 9.17) is 4.74 Å². The van der Waals surface area contributed by atoms with E-state index < -0.39 is 0 Å². The van der Waals surface area contributed by atoms with E-state index in [1.165, 1.54) is 0 Å². The van der Waals surface area contributed by atoms with Gasteiger partial charge in [-0.15, -0.1) is 0 Å². The normalized spacial score (nSPS) is 16.3. The zero-order valence-electron chi connectivity index (χ0n) is 22.8. The van der Waals surface area contributed by atoms with Gasteiger partial charge in [-0.3, -0.25) is 19.1 Å². The molecule has 8 nitrogen and oxygen atoms in total. The molecule has 1 saturated heterocycles. The maximum Gasteiger partial charge on any atom is 0.258 e. The zero-order chi connectivity index (χ0) is 28.2. The lowest BCUT2D eigenvalue weighted by atomic mass is 9.93. The Labute approximate surface area is 239 Å². The van der Waals surface area contributed by atoms with E-state index in [0.717, 1.165) is 53.9 Å². The van der Waals surface area contributed by atoms with Gasteiger partial charge >= 0.3 is 0 Å². The quantitative estimate of drug-likeness (QED) is 0.377. The van der Waals surface area contributed by atoms with Crippen molar-refractivity contribution in [3.8, 4) is 5.75 Å². The molecule has 208 valence electrons. The van der Waals surface area contributed by atoms with Gasteiger partial charge in [0.1, 0.15) is 5.75 Å². The van der Waals surface area contributed by atoms with Crippen molar-refractivity contribution in [2.24, 2.45) is 0 Å². The van der Waals surface area contributed by atoms with Crippen LogP contribution in [0, 0.1) is 0 Å². The highest BCUT2D eigenvalue weighted by molar-refractivity contribution is 6.04. The van der Waals surface area contributed by atoms with Crippen LogP contribution in [0.3, 0.4) is 0 Å². The minimum absolute atomic E-state index is 0.0330. The SMILES string of the molecule is O=C1CC=C(NC(=O)c2cnn(Cc3ccccc3)c2)C=C1C1=Cc2cc(OCCCN3CCCC3=O)ccc2C1. The molecule has 0 bridgehead atoms. The monoisotopic (exact) mass is 548 g/mol. The second-order valence-electron chi connectivity index (χ2n) is 10.6. The number of nitrogens with one attached hydrogen (secondary N) is 1. The number of fused-ring (bicyclic) bond motifs is 1. The van der Waals surface area contributed by atoms with E-state index in [0.29, 0.717) is 42.8 Å². The predicted molar refractivity (Wildman–Crippen MR) is 155 cm³/mol. The number of ether oxygens (including phenoxy) is 1. The van der Waals surface area contributed by atoms with Crippen molar-refractivity contribution in [3.63, 3.8) is 0 Å². The standard InChI is InChI=1S/C33H32N4O4/c38-31-12-10-28(35-33(40)27-20-34-37(22-27)21-23-6-2-1-3-7-23)19-30(31)26-16-24-9-11-29(18-25(24)17-26)41-15-5-14-36-13-4-8-32(36)39/h1-3,6-7,9-11,17-20,22H,4-5,8,12-16,21H2,(H,35,40). The van der Waals surface area contributed by atoms with Gasteiger partial charge in [-0.05, 0) is 59.7 Å². The Morgan fingerprint density at radius 2 is 1.95 bits per heavy atom. The first-order valence-corrected chi connectivity index (χ1v) is 14.1. The third kappa shape index (κ3) is 6.22. The molecule has 0 spiro atoms. The van der Waals surface area contributed by atoms with E-state index in [1.54, 1.807) is 29.2 Å². The lowest BCUT2D eigenvalue weighted by Crippen LogP contribution is -2.26. The van der Waals surface area contributed by atoms with Crippen LogP contribution in [0.25, 0.3) is 6.08 Å². The molecule has 2 heterocycles. The number of rotatable bonds is 10. The molecule has 3 aromatic rings. The molecular weight excluding hydrogens is 516 g/mol. The first-order chi connectivity index (χ1) is 20.0. The van der Waals surface area contributed by atoms with Crippen molar-refractivity contribution in [2.45, 2.75) is 38.6 Å². The number of nitrogens with zero attached hydrogens (tertiary/aromatic N) is 3. The van der Waals surface area contributed by atoms with Crippen LogP contribution in [0.4, 0.5) is 0 Å². The molecule has 0 radical (unpaired) electrons. The Morgan fingerprint density at radius 1 is 1.07 bits per heavy atom. The smallest absolute Gasteiger partial charge is 0.258 e. The molecule has 3 aliphatic rings. The van der Waals surface area contributed by atoms with Gasteiger partial charge in [-0.25, -0.2) is 0 Å². The molecular formula is C33H32N4O4. The topological polar surface area (TPSA) is 93.5 Å². The second-order valence-corrected chi connectivity index (χ2v) is 10.6. The Morgan fingerprint density at radius 3 is 2.78 bits per heavy atom. The molecule has 1 fully saturated rings. The van der Waals surface area contributed by atoms with Gasteiger partial charge in [0.05, 0.1) is 24.9 Å². The van der Waals surface area contributed by atoms with Crippen LogP contribution in [0.5, 0.6) is 5.75 Å². The van der Waals surface area contributed by atoms with Crippen molar-refractivity contribution in [2.75, 3.05) is 19.7 Å². The van der Waals surface area contributed by atoms with Gasteiger partial charge in [0, 0.05) is 43.4 Å². The predicted octanol–water partition coefficient (Wildman–Crippen LogP) is 4.48. The second kappa shape index (κ2) is 11.8. The number of benzene rings is 2. The molecule has 41 heavy (non-hydrogen) atoms. The van der Waals surface area contributed by atoms with Crippen LogP contribution < -0.4 is 10.1 Å². The van der Waals surface area contributed by atoms with Gasteiger partial charge in [-0.1, -0.05) is 48.6 Å². The molecule has 1 aromatic heterocycles. The van der Waals surface area contributed by atoms with Crippen LogP contribution in [0.15, 0.2) is 89.9 Å². The Kier molecular flexibility index (Phi) is 7.63. The van der Waals surface area contributed by atoms with Crippen LogP contribution in [-0.2, 0) is 22.6 Å². The third-order valence-corrected chi connectivity index (χ3v) is 7.63. The van der Waals surface area contributed by atoms with Crippen molar-refractivity contribution in [1.82, 2.24) is 20.0 Å². The van der Waals surface area contributed by atoms with E-state index >= 15 is 0 Å². The number of Topliss-reactive ketones (excluding diaryl/α,β-unsaturated/α-hetero) is 1. The van der Waals surface area contributed by atoms with Crippen molar-refractivity contribution < 1.29 is 19.1 Å². The van der Waals surface area contributed by atoms with E-state index in [-0.39, 0.29) is 24.0 Å². The fourth-order valence-corrected chi connectivity index (χ4v) is 5.47. The minimum Gasteiger partial charge on any atom is -0.494 e. The zero-order valence-corrected chi connectivity index (χ0v) is 22.8. The van der Waals surface area contributed by atoms with Gasteiger partial charge in [-0.2, -0.15) is 5.10 Å². The summed E-state index contributed by atoms with van der Waals surface area (Å²) in [5.41, 5.74) is 5.89. The molecule has 2 aliphatic carbocycles. The number of carbonyl (C=O) groups excluding carboxylic acids is 3. The fraction of sp³-hybridized carbons (Fsp3) is 0.273. The van der Waals surface area contributed by atoms with Gasteiger partial charge < -0.3 is 15.0 Å². The van der Waals surface area contributed by atoms with Crippen LogP contribution >= 0.6 is 0 Å². The average molecular weight is 549 g/mol. The summed E-state index contributed by atoms with van der Waals surface area (Å²) in [5, 5.41) is 7.26. The van der Waals surface area contributed by atoms with Crippen molar-refractivity contribution in [3.05, 3.63) is 112 Å². The van der Waals surface area contributed by atoms with Crippen molar-refractivity contribution >= 4 is 23.7 Å². The Balaban J connectivity index is 1.07. The summed E-state index contributed by atoms with van der Waals surface area (Å²) in [6, 6.07) is 15.9. The summed E-state index contributed by atoms with van der Waals surface area (Å²) < 4.78 is 7.69. The highest BCUT2D eigenvalue weighted by atomic mass is 16.5. The number of carbonyl (C=O) groups is 3. The number of allylic oxidation sites excluding steroid dienone is 4. The van der Waals surface area contributed by atoms with Crippen molar-refractivity contribution in [1.29, 1.82) is 0 Å². The van der Waals surface area contributed by atoms with E-state index in [9.17, 15) is 14.4 Å². The summed E-state index contributed by atoms with van der Waals surface area (Å²) >= 11 is 0. The average Bonchev–Trinajstić information content (AvgIpc) is 3.72. The largest absolute Gasteiger partial charge is 0.494 e. The highest BCUT2D eigenvalue weighted by Gasteiger charge is 2.24. The molecule has 6 rings (SSSR count). The Bertz CT molecular complexity index is 1580. The number of amides is 2. The molecule has 0 unspecified atom stereocenters. The van der Waals surface area contributed by atoms with E-state index in [2.05, 4.69) is 10.4 Å².